The first-order valence-electron chi connectivity index (χ1n) is 48.2. The van der Waals surface area contributed by atoms with Crippen LogP contribution >= 0.6 is 15.6 Å². The molecule has 0 saturated carbocycles. The fourth-order valence-corrected chi connectivity index (χ4v) is 16.3. The Labute approximate surface area is 689 Å². The summed E-state index contributed by atoms with van der Waals surface area (Å²) in [5.41, 5.74) is 0. The normalized spacial score (nSPS) is 13.9. The predicted molar refractivity (Wildman–Crippen MR) is 465 cm³/mol. The Morgan fingerprint density at radius 3 is 0.634 bits per heavy atom. The molecule has 0 saturated heterocycles. The molecule has 0 aromatic rings. The first-order valence-corrected chi connectivity index (χ1v) is 51.2. The van der Waals surface area contributed by atoms with Crippen molar-refractivity contribution in [2.24, 2.45) is 5.92 Å². The molecule has 0 amide bonds. The largest absolute Gasteiger partial charge is 0.472 e. The molecule has 19 heteroatoms. The molecule has 3 N–H and O–H groups in total. The smallest absolute Gasteiger partial charge is 0.462 e. The van der Waals surface area contributed by atoms with Crippen LogP contribution in [-0.4, -0.2) is 96.7 Å². The van der Waals surface area contributed by atoms with E-state index in [1.54, 1.807) is 0 Å². The van der Waals surface area contributed by atoms with Crippen molar-refractivity contribution in [2.75, 3.05) is 39.6 Å². The first kappa shape index (κ1) is 110. The van der Waals surface area contributed by atoms with E-state index in [1.165, 1.54) is 334 Å². The monoisotopic (exact) mass is 1630 g/mol. The van der Waals surface area contributed by atoms with Gasteiger partial charge in [0.15, 0.2) is 12.2 Å². The molecule has 112 heavy (non-hydrogen) atoms. The average molecular weight is 1630 g/mol. The summed E-state index contributed by atoms with van der Waals surface area (Å²) >= 11 is 0. The maximum absolute atomic E-state index is 13.2. The molecular weight excluding hydrogens is 1450 g/mol. The Balaban J connectivity index is 5.25. The van der Waals surface area contributed by atoms with Gasteiger partial charge in [0.2, 0.25) is 0 Å². The van der Waals surface area contributed by atoms with Crippen molar-refractivity contribution in [3.8, 4) is 0 Å². The average Bonchev–Trinajstić information content (AvgIpc) is 0.901. The molecule has 0 aromatic carbocycles. The molecule has 6 atom stereocenters. The molecule has 0 aliphatic carbocycles. The van der Waals surface area contributed by atoms with Crippen LogP contribution in [0.25, 0.3) is 0 Å². The molecule has 3 unspecified atom stereocenters. The predicted octanol–water partition coefficient (Wildman–Crippen LogP) is 29.1. The lowest BCUT2D eigenvalue weighted by Gasteiger charge is -2.21. The maximum Gasteiger partial charge on any atom is 0.472 e. The number of carbonyl (C=O) groups is 4. The molecule has 17 nitrogen and oxygen atoms in total. The number of rotatable bonds is 93. The van der Waals surface area contributed by atoms with Crippen LogP contribution in [0, 0.1) is 5.92 Å². The lowest BCUT2D eigenvalue weighted by molar-refractivity contribution is -0.161. The number of hydrogen-bond acceptors (Lipinski definition) is 15. The van der Waals surface area contributed by atoms with Crippen molar-refractivity contribution < 1.29 is 80.2 Å². The highest BCUT2D eigenvalue weighted by Crippen LogP contribution is 2.45. The number of hydrogen-bond donors (Lipinski definition) is 3. The highest BCUT2D eigenvalue weighted by molar-refractivity contribution is 7.47. The van der Waals surface area contributed by atoms with Crippen molar-refractivity contribution in [3.63, 3.8) is 0 Å². The van der Waals surface area contributed by atoms with Crippen LogP contribution in [0.4, 0.5) is 0 Å². The standard InChI is InChI=1S/C93H182O17P2/c1-6-10-13-16-19-22-25-28-30-32-34-39-42-47-52-57-62-67-72-77-91(96)104-83-89(110-93(98)79-74-69-64-59-54-49-44-40-36-35-37-41-46-50-55-60-65-70-75-86(5)9-4)85-108-112(101,102)106-81-87(94)80-105-111(99,100)107-84-88(82-103-90(95)76-71-66-61-56-51-45-27-24-21-18-15-12-8-3)109-92(97)78-73-68-63-58-53-48-43-38-33-31-29-26-23-20-17-14-11-7-2/h86-89,94H,6-85H2,1-5H3,(H,99,100)(H,101,102)/t86?,87-,88+,89+/m0/s1. The van der Waals surface area contributed by atoms with Crippen molar-refractivity contribution >= 4 is 39.5 Å². The minimum absolute atomic E-state index is 0.110. The van der Waals surface area contributed by atoms with Gasteiger partial charge in [0, 0.05) is 25.7 Å². The van der Waals surface area contributed by atoms with E-state index in [2.05, 4.69) is 34.6 Å². The third kappa shape index (κ3) is 84.5. The van der Waals surface area contributed by atoms with E-state index in [0.29, 0.717) is 25.7 Å². The zero-order valence-corrected chi connectivity index (χ0v) is 75.6. The van der Waals surface area contributed by atoms with Gasteiger partial charge in [-0.15, -0.1) is 0 Å². The summed E-state index contributed by atoms with van der Waals surface area (Å²) in [6.45, 7) is 7.48. The van der Waals surface area contributed by atoms with Gasteiger partial charge >= 0.3 is 39.5 Å². The third-order valence-corrected chi connectivity index (χ3v) is 24.3. The second kappa shape index (κ2) is 85.5. The van der Waals surface area contributed by atoms with E-state index in [4.69, 9.17) is 37.0 Å². The molecule has 0 fully saturated rings. The minimum Gasteiger partial charge on any atom is -0.462 e. The van der Waals surface area contributed by atoms with Crippen LogP contribution in [0.15, 0.2) is 0 Å². The second-order valence-corrected chi connectivity index (χ2v) is 36.6. The molecule has 0 radical (unpaired) electrons. The number of ether oxygens (including phenoxy) is 4. The summed E-state index contributed by atoms with van der Waals surface area (Å²) in [6, 6.07) is 0. The summed E-state index contributed by atoms with van der Waals surface area (Å²) in [6.07, 6.45) is 81.9. The van der Waals surface area contributed by atoms with Gasteiger partial charge in [0.1, 0.15) is 19.3 Å². The van der Waals surface area contributed by atoms with Gasteiger partial charge in [-0.25, -0.2) is 9.13 Å². The lowest BCUT2D eigenvalue weighted by Crippen LogP contribution is -2.30. The molecule has 0 rings (SSSR count). The number of phosphoric ester groups is 2. The van der Waals surface area contributed by atoms with Gasteiger partial charge in [-0.05, 0) is 31.6 Å². The van der Waals surface area contributed by atoms with Crippen LogP contribution in [0.2, 0.25) is 0 Å². The van der Waals surface area contributed by atoms with E-state index >= 15 is 0 Å². The summed E-state index contributed by atoms with van der Waals surface area (Å²) in [4.78, 5) is 73.5. The molecule has 666 valence electrons. The fraction of sp³-hybridized carbons (Fsp3) is 0.957. The number of esters is 4. The van der Waals surface area contributed by atoms with Crippen LogP contribution < -0.4 is 0 Å². The lowest BCUT2D eigenvalue weighted by atomic mass is 9.99. The number of aliphatic hydroxyl groups excluding tert-OH is 1. The highest BCUT2D eigenvalue weighted by atomic mass is 31.2. The van der Waals surface area contributed by atoms with Crippen LogP contribution in [0.5, 0.6) is 0 Å². The van der Waals surface area contributed by atoms with E-state index in [9.17, 15) is 43.2 Å². The zero-order valence-electron chi connectivity index (χ0n) is 73.8. The number of phosphoric acid groups is 2. The van der Waals surface area contributed by atoms with Gasteiger partial charge in [-0.2, -0.15) is 0 Å². The van der Waals surface area contributed by atoms with E-state index in [-0.39, 0.29) is 25.7 Å². The van der Waals surface area contributed by atoms with Gasteiger partial charge in [0.25, 0.3) is 0 Å². The summed E-state index contributed by atoms with van der Waals surface area (Å²) in [7, 11) is -9.94. The SMILES string of the molecule is CCCCCCCCCCCCCCCCCCCCCC(=O)OC[C@H](COP(=O)(O)OC[C@@H](O)COP(=O)(O)OC[C@@H](COC(=O)CCCCCCCCCCCCCCC)OC(=O)CCCCCCCCCCCCCCCCCCCC)OC(=O)CCCCCCCCCCCCCCCCCCCCC(C)CC. The molecule has 0 spiro atoms. The Kier molecular flexibility index (Phi) is 84.0. The Hall–Kier alpha value is -1.94. The summed E-state index contributed by atoms with van der Waals surface area (Å²) in [5, 5.41) is 10.7. The Morgan fingerprint density at radius 2 is 0.429 bits per heavy atom. The highest BCUT2D eigenvalue weighted by Gasteiger charge is 2.31. The van der Waals surface area contributed by atoms with Crippen LogP contribution in [0.3, 0.4) is 0 Å². The van der Waals surface area contributed by atoms with Crippen molar-refractivity contribution in [2.45, 2.75) is 528 Å². The second-order valence-electron chi connectivity index (χ2n) is 33.6. The number of carbonyl (C=O) groups excluding carboxylic acids is 4. The van der Waals surface area contributed by atoms with E-state index < -0.39 is 97.5 Å². The Morgan fingerprint density at radius 1 is 0.250 bits per heavy atom. The quantitative estimate of drug-likeness (QED) is 0.0222. The fourth-order valence-electron chi connectivity index (χ4n) is 14.7. The molecular formula is C93H182O17P2. The summed E-state index contributed by atoms with van der Waals surface area (Å²) < 4.78 is 69.2. The number of aliphatic hydroxyl groups is 1. The van der Waals surface area contributed by atoms with Gasteiger partial charge in [0.05, 0.1) is 26.4 Å². The molecule has 0 aliphatic heterocycles. The molecule has 0 bridgehead atoms. The Bertz CT molecular complexity index is 2120. The minimum atomic E-state index is -4.97. The van der Waals surface area contributed by atoms with Gasteiger partial charge in [-0.3, -0.25) is 37.3 Å². The third-order valence-electron chi connectivity index (χ3n) is 22.4. The maximum atomic E-state index is 13.2. The van der Waals surface area contributed by atoms with Gasteiger partial charge < -0.3 is 33.8 Å². The van der Waals surface area contributed by atoms with Crippen LogP contribution in [-0.2, 0) is 65.4 Å². The molecule has 0 aromatic heterocycles. The van der Waals surface area contributed by atoms with Crippen molar-refractivity contribution in [1.29, 1.82) is 0 Å². The summed E-state index contributed by atoms with van der Waals surface area (Å²) in [5.74, 6) is -1.22. The van der Waals surface area contributed by atoms with Gasteiger partial charge in [-0.1, -0.05) is 458 Å². The topological polar surface area (TPSA) is 237 Å². The van der Waals surface area contributed by atoms with Crippen LogP contribution in [0.1, 0.15) is 510 Å². The zero-order chi connectivity index (χ0) is 81.8. The van der Waals surface area contributed by atoms with Crippen molar-refractivity contribution in [1.82, 2.24) is 0 Å². The van der Waals surface area contributed by atoms with E-state index in [0.717, 1.165) is 95.8 Å². The van der Waals surface area contributed by atoms with Crippen molar-refractivity contribution in [3.05, 3.63) is 0 Å². The molecule has 0 aliphatic rings. The molecule has 0 heterocycles. The first-order chi connectivity index (χ1) is 54.6. The van der Waals surface area contributed by atoms with E-state index in [1.807, 2.05) is 0 Å². The number of unbranched alkanes of at least 4 members (excludes halogenated alkanes) is 64.